The van der Waals surface area contributed by atoms with Crippen LogP contribution in [0.4, 0.5) is 8.78 Å². The number of hydrogen-bond donors (Lipinski definition) is 1. The van der Waals surface area contributed by atoms with Gasteiger partial charge in [0.15, 0.2) is 0 Å². The monoisotopic (exact) mass is 333 g/mol. The summed E-state index contributed by atoms with van der Waals surface area (Å²) in [6, 6.07) is 3.84. The maximum Gasteiger partial charge on any atom is 0.387 e. The fraction of sp³-hybridized carbons (Fsp3) is 0.429. The summed E-state index contributed by atoms with van der Waals surface area (Å²) in [6.07, 6.45) is 0.652. The molecule has 1 amide bonds. The van der Waals surface area contributed by atoms with E-state index in [1.54, 1.807) is 0 Å². The third kappa shape index (κ3) is 3.85. The van der Waals surface area contributed by atoms with Gasteiger partial charge >= 0.3 is 12.6 Å². The van der Waals surface area contributed by atoms with E-state index in [-0.39, 0.29) is 29.4 Å². The van der Waals surface area contributed by atoms with Gasteiger partial charge in [0.1, 0.15) is 5.75 Å². The second kappa shape index (κ2) is 6.91. The van der Waals surface area contributed by atoms with Crippen LogP contribution in [0.25, 0.3) is 0 Å². The van der Waals surface area contributed by atoms with Gasteiger partial charge in [-0.25, -0.2) is 0 Å². The van der Waals surface area contributed by atoms with Crippen molar-refractivity contribution >= 4 is 23.5 Å². The second-order valence-electron chi connectivity index (χ2n) is 4.92. The number of benzene rings is 1. The molecule has 22 heavy (non-hydrogen) atoms. The number of carbonyl (C=O) groups is 2. The molecule has 120 valence electrons. The quantitative estimate of drug-likeness (QED) is 0.920. The Kier molecular flexibility index (Phi) is 5.18. The first kappa shape index (κ1) is 16.5. The zero-order valence-electron chi connectivity index (χ0n) is 11.5. The lowest BCUT2D eigenvalue weighted by Crippen LogP contribution is -2.40. The number of carboxylic acid groups (broad SMARTS) is 1. The number of hydrogen-bond acceptors (Lipinski definition) is 3. The van der Waals surface area contributed by atoms with Crippen molar-refractivity contribution in [2.45, 2.75) is 19.5 Å². The number of ether oxygens (including phenoxy) is 1. The minimum atomic E-state index is -3.05. The molecule has 0 bridgehead atoms. The van der Waals surface area contributed by atoms with Gasteiger partial charge in [0, 0.05) is 18.1 Å². The number of amides is 1. The lowest BCUT2D eigenvalue weighted by molar-refractivity contribution is -0.143. The topological polar surface area (TPSA) is 66.8 Å². The number of likely N-dealkylation sites (tertiary alicyclic amines) is 1. The Balaban J connectivity index is 2.15. The third-order valence-electron chi connectivity index (χ3n) is 3.52. The predicted octanol–water partition coefficient (Wildman–Crippen LogP) is 2.88. The van der Waals surface area contributed by atoms with Crippen LogP contribution in [-0.2, 0) is 4.79 Å². The average molecular weight is 334 g/mol. The number of aliphatic carboxylic acids is 1. The first-order valence-electron chi connectivity index (χ1n) is 6.65. The van der Waals surface area contributed by atoms with Crippen LogP contribution >= 0.6 is 11.6 Å². The number of alkyl halides is 2. The fourth-order valence-corrected chi connectivity index (χ4v) is 2.54. The summed E-state index contributed by atoms with van der Waals surface area (Å²) in [6.45, 7) is -2.56. The molecule has 1 saturated heterocycles. The van der Waals surface area contributed by atoms with E-state index in [4.69, 9.17) is 16.7 Å². The molecule has 0 unspecified atom stereocenters. The zero-order valence-corrected chi connectivity index (χ0v) is 12.2. The van der Waals surface area contributed by atoms with Crippen LogP contribution < -0.4 is 4.74 Å². The van der Waals surface area contributed by atoms with E-state index in [1.807, 2.05) is 0 Å². The summed E-state index contributed by atoms with van der Waals surface area (Å²) in [4.78, 5) is 24.7. The molecule has 0 saturated carbocycles. The van der Waals surface area contributed by atoms with E-state index in [1.165, 1.54) is 23.1 Å². The van der Waals surface area contributed by atoms with Gasteiger partial charge in [-0.1, -0.05) is 11.6 Å². The third-order valence-corrected chi connectivity index (χ3v) is 3.75. The molecular formula is C14H14ClF2NO4. The Morgan fingerprint density at radius 3 is 2.50 bits per heavy atom. The number of carbonyl (C=O) groups excluding carboxylic acids is 1. The first-order chi connectivity index (χ1) is 10.4. The van der Waals surface area contributed by atoms with Crippen molar-refractivity contribution in [3.8, 4) is 5.75 Å². The SMILES string of the molecule is O=C(O)C1CCN(C(=O)c2cc(Cl)ccc2OC(F)F)CC1. The van der Waals surface area contributed by atoms with Crippen molar-refractivity contribution in [1.82, 2.24) is 4.90 Å². The van der Waals surface area contributed by atoms with E-state index < -0.39 is 24.4 Å². The molecule has 2 rings (SSSR count). The van der Waals surface area contributed by atoms with Gasteiger partial charge in [-0.05, 0) is 31.0 Å². The van der Waals surface area contributed by atoms with Gasteiger partial charge in [-0.15, -0.1) is 0 Å². The smallest absolute Gasteiger partial charge is 0.387 e. The minimum Gasteiger partial charge on any atom is -0.481 e. The van der Waals surface area contributed by atoms with Crippen molar-refractivity contribution in [2.75, 3.05) is 13.1 Å². The highest BCUT2D eigenvalue weighted by Crippen LogP contribution is 2.27. The molecule has 1 N–H and O–H groups in total. The molecule has 5 nitrogen and oxygen atoms in total. The predicted molar refractivity (Wildman–Crippen MR) is 74.3 cm³/mol. The molecule has 1 aliphatic heterocycles. The van der Waals surface area contributed by atoms with Crippen molar-refractivity contribution in [3.63, 3.8) is 0 Å². The lowest BCUT2D eigenvalue weighted by Gasteiger charge is -2.30. The number of halogens is 3. The maximum absolute atomic E-state index is 12.4. The molecular weight excluding hydrogens is 320 g/mol. The molecule has 0 radical (unpaired) electrons. The standard InChI is InChI=1S/C14H14ClF2NO4/c15-9-1-2-11(22-14(16)17)10(7-9)12(19)18-5-3-8(4-6-18)13(20)21/h1-2,7-8,14H,3-6H2,(H,20,21). The second-order valence-corrected chi connectivity index (χ2v) is 5.36. The molecule has 1 aromatic rings. The summed E-state index contributed by atoms with van der Waals surface area (Å²) in [5.74, 6) is -2.12. The first-order valence-corrected chi connectivity index (χ1v) is 7.02. The van der Waals surface area contributed by atoms with Crippen molar-refractivity contribution in [1.29, 1.82) is 0 Å². The number of rotatable bonds is 4. The molecule has 1 aliphatic rings. The lowest BCUT2D eigenvalue weighted by atomic mass is 9.96. The van der Waals surface area contributed by atoms with Gasteiger partial charge in [-0.3, -0.25) is 9.59 Å². The van der Waals surface area contributed by atoms with Gasteiger partial charge in [-0.2, -0.15) is 8.78 Å². The highest BCUT2D eigenvalue weighted by Gasteiger charge is 2.29. The molecule has 0 atom stereocenters. The molecule has 1 aromatic carbocycles. The summed E-state index contributed by atoms with van der Waals surface area (Å²) in [7, 11) is 0. The number of nitrogens with zero attached hydrogens (tertiary/aromatic N) is 1. The molecule has 0 aromatic heterocycles. The Morgan fingerprint density at radius 2 is 1.95 bits per heavy atom. The van der Waals surface area contributed by atoms with Gasteiger partial charge < -0.3 is 14.7 Å². The van der Waals surface area contributed by atoms with Gasteiger partial charge in [0.05, 0.1) is 11.5 Å². The molecule has 8 heteroatoms. The van der Waals surface area contributed by atoms with Crippen LogP contribution in [0.5, 0.6) is 5.75 Å². The Bertz CT molecular complexity index is 574. The maximum atomic E-state index is 12.4. The highest BCUT2D eigenvalue weighted by atomic mass is 35.5. The van der Waals surface area contributed by atoms with E-state index in [0.29, 0.717) is 12.8 Å². The number of carboxylic acids is 1. The van der Waals surface area contributed by atoms with Crippen LogP contribution in [0.2, 0.25) is 5.02 Å². The Hall–Kier alpha value is -1.89. The van der Waals surface area contributed by atoms with E-state index in [2.05, 4.69) is 4.74 Å². The molecule has 0 spiro atoms. The van der Waals surface area contributed by atoms with Gasteiger partial charge in [0.25, 0.3) is 5.91 Å². The highest BCUT2D eigenvalue weighted by molar-refractivity contribution is 6.31. The van der Waals surface area contributed by atoms with Crippen molar-refractivity contribution in [3.05, 3.63) is 28.8 Å². The van der Waals surface area contributed by atoms with E-state index in [0.717, 1.165) is 0 Å². The molecule has 1 heterocycles. The summed E-state index contributed by atoms with van der Waals surface area (Å²) in [5.41, 5.74) is -0.0541. The Labute approximate surface area is 130 Å². The fourth-order valence-electron chi connectivity index (χ4n) is 2.37. The van der Waals surface area contributed by atoms with Crippen LogP contribution in [0.15, 0.2) is 18.2 Å². The van der Waals surface area contributed by atoms with E-state index >= 15 is 0 Å². The minimum absolute atomic E-state index is 0.0541. The van der Waals surface area contributed by atoms with Crippen LogP contribution in [-0.4, -0.2) is 41.6 Å². The summed E-state index contributed by atoms with van der Waals surface area (Å²) in [5, 5.41) is 9.16. The zero-order chi connectivity index (χ0) is 16.3. The largest absolute Gasteiger partial charge is 0.481 e. The van der Waals surface area contributed by atoms with Crippen molar-refractivity contribution in [2.24, 2.45) is 5.92 Å². The normalized spacial score (nSPS) is 15.9. The molecule has 0 aliphatic carbocycles. The van der Waals surface area contributed by atoms with Crippen LogP contribution in [0.1, 0.15) is 23.2 Å². The Morgan fingerprint density at radius 1 is 1.32 bits per heavy atom. The number of piperidine rings is 1. The van der Waals surface area contributed by atoms with Crippen LogP contribution in [0.3, 0.4) is 0 Å². The summed E-state index contributed by atoms with van der Waals surface area (Å²) >= 11 is 5.81. The van der Waals surface area contributed by atoms with Crippen molar-refractivity contribution < 1.29 is 28.2 Å². The van der Waals surface area contributed by atoms with E-state index in [9.17, 15) is 18.4 Å². The molecule has 1 fully saturated rings. The average Bonchev–Trinajstić information content (AvgIpc) is 2.48. The summed E-state index contributed by atoms with van der Waals surface area (Å²) < 4.78 is 29.1. The van der Waals surface area contributed by atoms with Gasteiger partial charge in [0.2, 0.25) is 0 Å². The van der Waals surface area contributed by atoms with Crippen LogP contribution in [0, 0.1) is 5.92 Å².